The molecule has 0 bridgehead atoms. The zero-order valence-electron chi connectivity index (χ0n) is 13.1. The summed E-state index contributed by atoms with van der Waals surface area (Å²) in [5.74, 6) is 0.719. The number of nitrogens with one attached hydrogen (secondary N) is 1. The molecule has 0 aliphatic carbocycles. The summed E-state index contributed by atoms with van der Waals surface area (Å²) in [6.45, 7) is 10.8. The summed E-state index contributed by atoms with van der Waals surface area (Å²) in [5, 5.41) is 3.52. The van der Waals surface area contributed by atoms with Crippen LogP contribution in [-0.2, 0) is 4.74 Å². The Morgan fingerprint density at radius 1 is 1.32 bits per heavy atom. The SMILES string of the molecule is CCCC1(CN2CCC(C)C(OC)C2)CCNCC1. The lowest BCUT2D eigenvalue weighted by molar-refractivity contribution is -0.0233. The maximum Gasteiger partial charge on any atom is 0.0724 e. The Hall–Kier alpha value is -0.120. The molecule has 3 nitrogen and oxygen atoms in total. The summed E-state index contributed by atoms with van der Waals surface area (Å²) in [4.78, 5) is 2.68. The Morgan fingerprint density at radius 3 is 2.68 bits per heavy atom. The highest BCUT2D eigenvalue weighted by molar-refractivity contribution is 4.89. The van der Waals surface area contributed by atoms with E-state index in [0.717, 1.165) is 12.5 Å². The molecule has 2 heterocycles. The van der Waals surface area contributed by atoms with Gasteiger partial charge in [0, 0.05) is 20.2 Å². The van der Waals surface area contributed by atoms with Crippen LogP contribution in [0.5, 0.6) is 0 Å². The Bertz CT molecular complexity index is 258. The van der Waals surface area contributed by atoms with Crippen molar-refractivity contribution in [2.24, 2.45) is 11.3 Å². The molecule has 112 valence electrons. The average Bonchev–Trinajstić information content (AvgIpc) is 2.42. The normalized spacial score (nSPS) is 32.4. The summed E-state index contributed by atoms with van der Waals surface area (Å²) in [7, 11) is 1.87. The van der Waals surface area contributed by atoms with Crippen molar-refractivity contribution in [3.8, 4) is 0 Å². The Balaban J connectivity index is 1.93. The molecule has 2 atom stereocenters. The van der Waals surface area contributed by atoms with Gasteiger partial charge in [0.25, 0.3) is 0 Å². The van der Waals surface area contributed by atoms with Crippen LogP contribution in [0.2, 0.25) is 0 Å². The van der Waals surface area contributed by atoms with Crippen molar-refractivity contribution < 1.29 is 4.74 Å². The Kier molecular flexibility index (Phi) is 5.67. The van der Waals surface area contributed by atoms with Crippen LogP contribution in [-0.4, -0.2) is 50.8 Å². The first-order valence-corrected chi connectivity index (χ1v) is 8.15. The van der Waals surface area contributed by atoms with E-state index in [4.69, 9.17) is 4.74 Å². The van der Waals surface area contributed by atoms with Crippen LogP contribution in [0, 0.1) is 11.3 Å². The minimum absolute atomic E-state index is 0.439. The van der Waals surface area contributed by atoms with Crippen LogP contribution in [0.3, 0.4) is 0 Å². The second-order valence-corrected chi connectivity index (χ2v) is 6.78. The van der Waals surface area contributed by atoms with E-state index in [0.29, 0.717) is 11.5 Å². The molecule has 2 rings (SSSR count). The molecular formula is C16H32N2O. The van der Waals surface area contributed by atoms with E-state index in [1.165, 1.54) is 58.3 Å². The molecule has 0 aromatic carbocycles. The standard InChI is InChI=1S/C16H32N2O/c1-4-6-16(7-9-17-10-8-16)13-18-11-5-14(2)15(12-18)19-3/h14-15,17H,4-13H2,1-3H3. The van der Waals surface area contributed by atoms with Crippen LogP contribution in [0.15, 0.2) is 0 Å². The average molecular weight is 268 g/mol. The molecule has 0 amide bonds. The number of piperidine rings is 2. The monoisotopic (exact) mass is 268 g/mol. The lowest BCUT2D eigenvalue weighted by Crippen LogP contribution is -2.50. The number of ether oxygens (including phenoxy) is 1. The van der Waals surface area contributed by atoms with E-state index in [1.54, 1.807) is 0 Å². The highest BCUT2D eigenvalue weighted by atomic mass is 16.5. The van der Waals surface area contributed by atoms with Crippen molar-refractivity contribution in [2.45, 2.75) is 52.1 Å². The van der Waals surface area contributed by atoms with E-state index in [9.17, 15) is 0 Å². The van der Waals surface area contributed by atoms with E-state index in [-0.39, 0.29) is 0 Å². The molecule has 2 aliphatic heterocycles. The van der Waals surface area contributed by atoms with Gasteiger partial charge in [-0.3, -0.25) is 0 Å². The summed E-state index contributed by atoms with van der Waals surface area (Å²) in [6, 6.07) is 0. The second-order valence-electron chi connectivity index (χ2n) is 6.78. The van der Waals surface area contributed by atoms with Gasteiger partial charge in [0.15, 0.2) is 0 Å². The maximum absolute atomic E-state index is 5.66. The van der Waals surface area contributed by atoms with Crippen LogP contribution in [0.1, 0.15) is 46.0 Å². The van der Waals surface area contributed by atoms with Gasteiger partial charge in [-0.2, -0.15) is 0 Å². The van der Waals surface area contributed by atoms with Gasteiger partial charge < -0.3 is 15.0 Å². The fourth-order valence-electron chi connectivity index (χ4n) is 4.00. The fourth-order valence-corrected chi connectivity index (χ4v) is 4.00. The van der Waals surface area contributed by atoms with E-state index in [1.807, 2.05) is 7.11 Å². The second kappa shape index (κ2) is 7.05. The summed E-state index contributed by atoms with van der Waals surface area (Å²) < 4.78 is 5.66. The van der Waals surface area contributed by atoms with Crippen LogP contribution in [0.4, 0.5) is 0 Å². The Labute approximate surface area is 119 Å². The first kappa shape index (κ1) is 15.3. The van der Waals surface area contributed by atoms with Crippen LogP contribution < -0.4 is 5.32 Å². The summed E-state index contributed by atoms with van der Waals surface area (Å²) in [5.41, 5.74) is 0.568. The van der Waals surface area contributed by atoms with Crippen molar-refractivity contribution in [3.05, 3.63) is 0 Å². The lowest BCUT2D eigenvalue weighted by Gasteiger charge is -2.45. The number of hydrogen-bond donors (Lipinski definition) is 1. The van der Waals surface area contributed by atoms with Gasteiger partial charge in [0.05, 0.1) is 6.10 Å². The van der Waals surface area contributed by atoms with Gasteiger partial charge in [-0.05, 0) is 56.7 Å². The van der Waals surface area contributed by atoms with E-state index in [2.05, 4.69) is 24.1 Å². The van der Waals surface area contributed by atoms with Gasteiger partial charge >= 0.3 is 0 Å². The smallest absolute Gasteiger partial charge is 0.0724 e. The first-order chi connectivity index (χ1) is 9.19. The van der Waals surface area contributed by atoms with Gasteiger partial charge in [0.2, 0.25) is 0 Å². The lowest BCUT2D eigenvalue weighted by atomic mass is 9.74. The molecule has 0 radical (unpaired) electrons. The molecule has 0 aromatic heterocycles. The van der Waals surface area contributed by atoms with Crippen molar-refractivity contribution in [3.63, 3.8) is 0 Å². The molecule has 0 saturated carbocycles. The third-order valence-electron chi connectivity index (χ3n) is 5.28. The molecule has 2 aliphatic rings. The Morgan fingerprint density at radius 2 is 2.05 bits per heavy atom. The van der Waals surface area contributed by atoms with Crippen molar-refractivity contribution in [2.75, 3.05) is 39.8 Å². The van der Waals surface area contributed by atoms with Gasteiger partial charge in [-0.15, -0.1) is 0 Å². The quantitative estimate of drug-likeness (QED) is 0.829. The number of methoxy groups -OCH3 is 1. The van der Waals surface area contributed by atoms with Crippen molar-refractivity contribution >= 4 is 0 Å². The molecule has 2 saturated heterocycles. The number of hydrogen-bond acceptors (Lipinski definition) is 3. The number of nitrogens with zero attached hydrogens (tertiary/aromatic N) is 1. The molecule has 0 aromatic rings. The number of rotatable bonds is 5. The predicted octanol–water partition coefficient (Wildman–Crippen LogP) is 2.51. The van der Waals surface area contributed by atoms with Crippen molar-refractivity contribution in [1.29, 1.82) is 0 Å². The highest BCUT2D eigenvalue weighted by Crippen LogP contribution is 2.36. The van der Waals surface area contributed by atoms with Gasteiger partial charge in [-0.1, -0.05) is 20.3 Å². The minimum atomic E-state index is 0.439. The maximum atomic E-state index is 5.66. The molecule has 1 N–H and O–H groups in total. The third kappa shape index (κ3) is 3.93. The van der Waals surface area contributed by atoms with E-state index >= 15 is 0 Å². The minimum Gasteiger partial charge on any atom is -0.380 e. The molecule has 2 fully saturated rings. The van der Waals surface area contributed by atoms with Gasteiger partial charge in [0.1, 0.15) is 0 Å². The summed E-state index contributed by atoms with van der Waals surface area (Å²) in [6.07, 6.45) is 7.14. The van der Waals surface area contributed by atoms with Crippen LogP contribution >= 0.6 is 0 Å². The molecular weight excluding hydrogens is 236 g/mol. The molecule has 0 spiro atoms. The topological polar surface area (TPSA) is 24.5 Å². The largest absolute Gasteiger partial charge is 0.380 e. The highest BCUT2D eigenvalue weighted by Gasteiger charge is 2.35. The molecule has 2 unspecified atom stereocenters. The zero-order valence-corrected chi connectivity index (χ0v) is 13.1. The number of likely N-dealkylation sites (tertiary alicyclic amines) is 1. The predicted molar refractivity (Wildman–Crippen MR) is 80.5 cm³/mol. The zero-order chi connectivity index (χ0) is 13.7. The van der Waals surface area contributed by atoms with Gasteiger partial charge in [-0.25, -0.2) is 0 Å². The molecule has 3 heteroatoms. The first-order valence-electron chi connectivity index (χ1n) is 8.15. The van der Waals surface area contributed by atoms with Crippen molar-refractivity contribution in [1.82, 2.24) is 10.2 Å². The summed E-state index contributed by atoms with van der Waals surface area (Å²) >= 11 is 0. The fraction of sp³-hybridized carbons (Fsp3) is 1.00. The third-order valence-corrected chi connectivity index (χ3v) is 5.28. The molecule has 19 heavy (non-hydrogen) atoms. The van der Waals surface area contributed by atoms with Crippen LogP contribution in [0.25, 0.3) is 0 Å². The van der Waals surface area contributed by atoms with E-state index < -0.39 is 0 Å².